The van der Waals surface area contributed by atoms with E-state index in [2.05, 4.69) is 5.10 Å². The van der Waals surface area contributed by atoms with Crippen LogP contribution >= 0.6 is 0 Å². The summed E-state index contributed by atoms with van der Waals surface area (Å²) in [4.78, 5) is 12.0. The summed E-state index contributed by atoms with van der Waals surface area (Å²) in [5, 5.41) is 4.35. The average molecular weight is 409 g/mol. The molecule has 0 saturated carbocycles. The molecular weight excluding hydrogens is 385 g/mol. The molecule has 0 bridgehead atoms. The van der Waals surface area contributed by atoms with Crippen molar-refractivity contribution in [3.05, 3.63) is 41.5 Å². The first kappa shape index (κ1) is 20.5. The molecule has 1 aromatic heterocycles. The topological polar surface area (TPSA) is 81.5 Å². The molecule has 0 amide bonds. The van der Waals surface area contributed by atoms with Crippen LogP contribution in [0.3, 0.4) is 0 Å². The number of aryl methyl sites for hydroxylation is 1. The number of halogens is 1. The Balaban J connectivity index is 1.85. The Hall–Kier alpha value is -2.26. The first-order valence-corrected chi connectivity index (χ1v) is 10.7. The smallest absolute Gasteiger partial charge is 0.309 e. The molecule has 2 aromatic rings. The van der Waals surface area contributed by atoms with Crippen LogP contribution in [0.1, 0.15) is 31.2 Å². The molecule has 0 aliphatic carbocycles. The summed E-state index contributed by atoms with van der Waals surface area (Å²) in [5.41, 5.74) is 1.44. The molecule has 0 unspecified atom stereocenters. The van der Waals surface area contributed by atoms with E-state index < -0.39 is 10.0 Å². The lowest BCUT2D eigenvalue weighted by Crippen LogP contribution is -2.40. The Labute approximate surface area is 164 Å². The van der Waals surface area contributed by atoms with Crippen LogP contribution in [0.25, 0.3) is 5.69 Å². The lowest BCUT2D eigenvalue weighted by molar-refractivity contribution is -0.149. The van der Waals surface area contributed by atoms with Crippen LogP contribution in [-0.4, -0.2) is 48.2 Å². The molecule has 0 spiro atoms. The van der Waals surface area contributed by atoms with Gasteiger partial charge >= 0.3 is 5.97 Å². The van der Waals surface area contributed by atoms with Gasteiger partial charge in [-0.15, -0.1) is 0 Å². The lowest BCUT2D eigenvalue weighted by atomic mass is 9.98. The standard InChI is InChI=1S/C19H24FN3O4S/c1-4-27-19(24)15-9-11-22(12-10-15)28(25,26)18-13(2)21-23(14(18)3)17-7-5-16(20)6-8-17/h5-8,15H,4,9-12H2,1-3H3. The van der Waals surface area contributed by atoms with Gasteiger partial charge in [0.1, 0.15) is 10.7 Å². The van der Waals surface area contributed by atoms with Crippen LogP contribution < -0.4 is 0 Å². The van der Waals surface area contributed by atoms with Crippen molar-refractivity contribution in [2.45, 2.75) is 38.5 Å². The monoisotopic (exact) mass is 409 g/mol. The van der Waals surface area contributed by atoms with Crippen molar-refractivity contribution in [3.8, 4) is 5.69 Å². The summed E-state index contributed by atoms with van der Waals surface area (Å²) >= 11 is 0. The van der Waals surface area contributed by atoms with Crippen molar-refractivity contribution in [3.63, 3.8) is 0 Å². The number of nitrogens with zero attached hydrogens (tertiary/aromatic N) is 3. The summed E-state index contributed by atoms with van der Waals surface area (Å²) in [7, 11) is -3.76. The summed E-state index contributed by atoms with van der Waals surface area (Å²) in [6.45, 7) is 5.91. The average Bonchev–Trinajstić information content (AvgIpc) is 2.97. The highest BCUT2D eigenvalue weighted by atomic mass is 32.2. The van der Waals surface area contributed by atoms with Gasteiger partial charge in [0.2, 0.25) is 10.0 Å². The number of carbonyl (C=O) groups is 1. The van der Waals surface area contributed by atoms with Crippen LogP contribution in [0.15, 0.2) is 29.2 Å². The lowest BCUT2D eigenvalue weighted by Gasteiger charge is -2.30. The molecule has 0 N–H and O–H groups in total. The zero-order chi connectivity index (χ0) is 20.5. The molecule has 0 atom stereocenters. The van der Waals surface area contributed by atoms with E-state index in [1.807, 2.05) is 0 Å². The van der Waals surface area contributed by atoms with E-state index in [0.29, 0.717) is 36.5 Å². The Bertz CT molecular complexity index is 962. The van der Waals surface area contributed by atoms with Gasteiger partial charge in [0.05, 0.1) is 29.6 Å². The van der Waals surface area contributed by atoms with Crippen LogP contribution in [-0.2, 0) is 19.6 Å². The second kappa shape index (κ2) is 8.00. The van der Waals surface area contributed by atoms with E-state index in [0.717, 1.165) is 0 Å². The Morgan fingerprint density at radius 2 is 1.82 bits per heavy atom. The van der Waals surface area contributed by atoms with Crippen LogP contribution in [0.5, 0.6) is 0 Å². The third kappa shape index (κ3) is 3.81. The van der Waals surface area contributed by atoms with Gasteiger partial charge in [-0.1, -0.05) is 0 Å². The van der Waals surface area contributed by atoms with Crippen molar-refractivity contribution in [1.29, 1.82) is 0 Å². The van der Waals surface area contributed by atoms with Crippen molar-refractivity contribution >= 4 is 16.0 Å². The summed E-state index contributed by atoms with van der Waals surface area (Å²) < 4.78 is 47.6. The van der Waals surface area contributed by atoms with Crippen LogP contribution in [0.2, 0.25) is 0 Å². The second-order valence-electron chi connectivity index (χ2n) is 6.82. The van der Waals surface area contributed by atoms with Gasteiger partial charge in [0, 0.05) is 13.1 Å². The van der Waals surface area contributed by atoms with E-state index in [9.17, 15) is 17.6 Å². The van der Waals surface area contributed by atoms with E-state index in [1.54, 1.807) is 32.9 Å². The number of piperidine rings is 1. The number of hydrogen-bond donors (Lipinski definition) is 0. The minimum absolute atomic E-state index is 0.159. The maximum absolute atomic E-state index is 13.2. The van der Waals surface area contributed by atoms with Gasteiger partial charge in [0.25, 0.3) is 0 Å². The molecular formula is C19H24FN3O4S. The second-order valence-corrected chi connectivity index (χ2v) is 8.69. The van der Waals surface area contributed by atoms with Gasteiger partial charge in [-0.25, -0.2) is 17.5 Å². The van der Waals surface area contributed by atoms with Crippen molar-refractivity contribution in [1.82, 2.24) is 14.1 Å². The summed E-state index contributed by atoms with van der Waals surface area (Å²) in [6.07, 6.45) is 0.866. The number of carbonyl (C=O) groups excluding carboxylic acids is 1. The molecule has 1 aliphatic rings. The van der Waals surface area contributed by atoms with Gasteiger partial charge in [0.15, 0.2) is 0 Å². The Kier molecular flexibility index (Phi) is 5.85. The Morgan fingerprint density at radius 1 is 1.21 bits per heavy atom. The fourth-order valence-corrected chi connectivity index (χ4v) is 5.38. The predicted molar refractivity (Wildman–Crippen MR) is 101 cm³/mol. The molecule has 3 rings (SSSR count). The van der Waals surface area contributed by atoms with E-state index in [1.165, 1.54) is 21.1 Å². The van der Waals surface area contributed by atoms with E-state index >= 15 is 0 Å². The van der Waals surface area contributed by atoms with Crippen molar-refractivity contribution in [2.24, 2.45) is 5.92 Å². The van der Waals surface area contributed by atoms with Gasteiger partial charge in [-0.3, -0.25) is 4.79 Å². The number of hydrogen-bond acceptors (Lipinski definition) is 5. The number of ether oxygens (including phenoxy) is 1. The van der Waals surface area contributed by atoms with Gasteiger partial charge in [-0.05, 0) is 57.9 Å². The van der Waals surface area contributed by atoms with E-state index in [-0.39, 0.29) is 35.7 Å². The molecule has 1 saturated heterocycles. The van der Waals surface area contributed by atoms with Gasteiger partial charge in [-0.2, -0.15) is 9.40 Å². The van der Waals surface area contributed by atoms with Crippen LogP contribution in [0, 0.1) is 25.6 Å². The predicted octanol–water partition coefficient (Wildman–Crippen LogP) is 2.59. The zero-order valence-electron chi connectivity index (χ0n) is 16.2. The third-order valence-electron chi connectivity index (χ3n) is 4.97. The highest BCUT2D eigenvalue weighted by Crippen LogP contribution is 2.29. The van der Waals surface area contributed by atoms with Gasteiger partial charge < -0.3 is 4.74 Å². The first-order valence-electron chi connectivity index (χ1n) is 9.24. The normalized spacial score (nSPS) is 16.3. The SMILES string of the molecule is CCOC(=O)C1CCN(S(=O)(=O)c2c(C)nn(-c3ccc(F)cc3)c2C)CC1. The molecule has 9 heteroatoms. The van der Waals surface area contributed by atoms with Crippen molar-refractivity contribution in [2.75, 3.05) is 19.7 Å². The maximum atomic E-state index is 13.2. The molecule has 1 fully saturated rings. The fourth-order valence-electron chi connectivity index (χ4n) is 3.56. The summed E-state index contributed by atoms with van der Waals surface area (Å²) in [6, 6.07) is 5.71. The molecule has 0 radical (unpaired) electrons. The fraction of sp³-hybridized carbons (Fsp3) is 0.474. The molecule has 152 valence electrons. The number of sulfonamides is 1. The highest BCUT2D eigenvalue weighted by molar-refractivity contribution is 7.89. The quantitative estimate of drug-likeness (QED) is 0.709. The largest absolute Gasteiger partial charge is 0.466 e. The van der Waals surface area contributed by atoms with Crippen molar-refractivity contribution < 1.29 is 22.3 Å². The van der Waals surface area contributed by atoms with Crippen LogP contribution in [0.4, 0.5) is 4.39 Å². The third-order valence-corrected chi connectivity index (χ3v) is 7.12. The molecule has 1 aliphatic heterocycles. The molecule has 1 aromatic carbocycles. The summed E-state index contributed by atoms with van der Waals surface area (Å²) in [5.74, 6) is -0.908. The Morgan fingerprint density at radius 3 is 2.39 bits per heavy atom. The minimum atomic E-state index is -3.76. The molecule has 7 nitrogen and oxygen atoms in total. The molecule has 2 heterocycles. The number of benzene rings is 1. The number of rotatable bonds is 5. The zero-order valence-corrected chi connectivity index (χ0v) is 17.0. The highest BCUT2D eigenvalue weighted by Gasteiger charge is 2.35. The maximum Gasteiger partial charge on any atom is 0.309 e. The number of esters is 1. The van der Waals surface area contributed by atoms with E-state index in [4.69, 9.17) is 4.74 Å². The number of aromatic nitrogens is 2. The minimum Gasteiger partial charge on any atom is -0.466 e. The first-order chi connectivity index (χ1) is 13.3. The molecule has 28 heavy (non-hydrogen) atoms.